The lowest BCUT2D eigenvalue weighted by Crippen LogP contribution is -2.49. The average molecular weight is 457 g/mol. The van der Waals surface area contributed by atoms with E-state index in [0.717, 1.165) is 13.0 Å². The van der Waals surface area contributed by atoms with Crippen LogP contribution in [-0.4, -0.2) is 87.4 Å². The lowest BCUT2D eigenvalue weighted by atomic mass is 10.2. The Kier molecular flexibility index (Phi) is 10.1. The molecular formula is C20H32N4O4S2. The molecule has 1 heterocycles. The number of likely N-dealkylation sites (N-methyl/N-ethyl adjacent to an activating group) is 1. The van der Waals surface area contributed by atoms with Gasteiger partial charge in [-0.15, -0.1) is 0 Å². The van der Waals surface area contributed by atoms with Crippen LogP contribution in [0.15, 0.2) is 35.2 Å². The molecule has 0 spiro atoms. The molecule has 1 aromatic carbocycles. The van der Waals surface area contributed by atoms with Crippen LogP contribution >= 0.6 is 11.8 Å². The zero-order valence-electron chi connectivity index (χ0n) is 17.7. The summed E-state index contributed by atoms with van der Waals surface area (Å²) in [5, 5.41) is 2.79. The van der Waals surface area contributed by atoms with Gasteiger partial charge in [-0.2, -0.15) is 16.5 Å². The Balaban J connectivity index is 2.04. The van der Waals surface area contributed by atoms with Gasteiger partial charge in [0.25, 0.3) is 0 Å². The van der Waals surface area contributed by atoms with E-state index in [4.69, 9.17) is 0 Å². The zero-order chi connectivity index (χ0) is 22.0. The highest BCUT2D eigenvalue weighted by Gasteiger charge is 2.30. The second-order valence-electron chi connectivity index (χ2n) is 7.18. The van der Waals surface area contributed by atoms with Crippen molar-refractivity contribution in [2.24, 2.45) is 0 Å². The van der Waals surface area contributed by atoms with Crippen molar-refractivity contribution in [3.63, 3.8) is 0 Å². The van der Waals surface area contributed by atoms with E-state index in [1.165, 1.54) is 12.1 Å². The monoisotopic (exact) mass is 456 g/mol. The van der Waals surface area contributed by atoms with Gasteiger partial charge >= 0.3 is 0 Å². The van der Waals surface area contributed by atoms with Gasteiger partial charge in [0.15, 0.2) is 0 Å². The minimum Gasteiger partial charge on any atom is -0.355 e. The van der Waals surface area contributed by atoms with E-state index in [-0.39, 0.29) is 16.7 Å². The van der Waals surface area contributed by atoms with Gasteiger partial charge in [-0.3, -0.25) is 14.5 Å². The first-order chi connectivity index (χ1) is 14.4. The molecule has 2 N–H and O–H groups in total. The average Bonchev–Trinajstić information content (AvgIpc) is 2.97. The van der Waals surface area contributed by atoms with Crippen molar-refractivity contribution in [1.29, 1.82) is 0 Å². The van der Waals surface area contributed by atoms with Crippen LogP contribution in [0.2, 0.25) is 0 Å². The summed E-state index contributed by atoms with van der Waals surface area (Å²) >= 11 is 1.57. The minimum atomic E-state index is -3.79. The second kappa shape index (κ2) is 12.3. The molecule has 0 radical (unpaired) electrons. The zero-order valence-corrected chi connectivity index (χ0v) is 19.3. The maximum atomic E-state index is 13.2. The fraction of sp³-hybridized carbons (Fsp3) is 0.600. The first kappa shape index (κ1) is 24.6. The lowest BCUT2D eigenvalue weighted by molar-refractivity contribution is -0.132. The van der Waals surface area contributed by atoms with Gasteiger partial charge in [0, 0.05) is 32.7 Å². The first-order valence-electron chi connectivity index (χ1n) is 10.2. The van der Waals surface area contributed by atoms with Gasteiger partial charge < -0.3 is 10.2 Å². The van der Waals surface area contributed by atoms with Crippen LogP contribution in [-0.2, 0) is 19.6 Å². The van der Waals surface area contributed by atoms with Crippen molar-refractivity contribution >= 4 is 33.6 Å². The molecule has 0 bridgehead atoms. The number of nitrogens with one attached hydrogen (secondary N) is 2. The van der Waals surface area contributed by atoms with Crippen LogP contribution in [0, 0.1) is 0 Å². The molecular weight excluding hydrogens is 424 g/mol. The number of benzene rings is 1. The summed E-state index contributed by atoms with van der Waals surface area (Å²) < 4.78 is 28.1. The standard InChI is InChI=1S/C20H32N4O4S2/c1-3-21-19(25)16-23-11-7-12-24(14-13-23)20(26)18(10-15-29-2)22-30(27,28)17-8-5-4-6-9-17/h4-6,8-9,18,22H,3,7,10-16H2,1-2H3,(H,21,25). The Hall–Kier alpha value is -1.62. The highest BCUT2D eigenvalue weighted by atomic mass is 32.2. The molecule has 1 atom stereocenters. The van der Waals surface area contributed by atoms with Gasteiger partial charge in [-0.05, 0) is 43.9 Å². The summed E-state index contributed by atoms with van der Waals surface area (Å²) in [6.45, 7) is 5.12. The Morgan fingerprint density at radius 1 is 1.13 bits per heavy atom. The van der Waals surface area contributed by atoms with E-state index >= 15 is 0 Å². The fourth-order valence-electron chi connectivity index (χ4n) is 3.35. The van der Waals surface area contributed by atoms with Crippen molar-refractivity contribution in [3.05, 3.63) is 30.3 Å². The lowest BCUT2D eigenvalue weighted by Gasteiger charge is -2.27. The topological polar surface area (TPSA) is 98.8 Å². The molecule has 168 valence electrons. The third-order valence-electron chi connectivity index (χ3n) is 4.90. The van der Waals surface area contributed by atoms with Gasteiger partial charge in [0.05, 0.1) is 11.4 Å². The molecule has 1 fully saturated rings. The molecule has 30 heavy (non-hydrogen) atoms. The highest BCUT2D eigenvalue weighted by molar-refractivity contribution is 7.98. The summed E-state index contributed by atoms with van der Waals surface area (Å²) in [5.74, 6) is 0.444. The number of thioether (sulfide) groups is 1. The molecule has 8 nitrogen and oxygen atoms in total. The molecule has 0 saturated carbocycles. The summed E-state index contributed by atoms with van der Waals surface area (Å²) in [6, 6.07) is 7.29. The quantitative estimate of drug-likeness (QED) is 0.539. The maximum Gasteiger partial charge on any atom is 0.241 e. The van der Waals surface area contributed by atoms with Crippen LogP contribution < -0.4 is 10.0 Å². The highest BCUT2D eigenvalue weighted by Crippen LogP contribution is 2.13. The van der Waals surface area contributed by atoms with E-state index in [0.29, 0.717) is 44.9 Å². The molecule has 0 aliphatic carbocycles. The molecule has 10 heteroatoms. The van der Waals surface area contributed by atoms with Crippen LogP contribution in [0.1, 0.15) is 19.8 Å². The van der Waals surface area contributed by atoms with E-state index in [2.05, 4.69) is 10.0 Å². The van der Waals surface area contributed by atoms with Gasteiger partial charge in [0.2, 0.25) is 21.8 Å². The van der Waals surface area contributed by atoms with Crippen molar-refractivity contribution in [1.82, 2.24) is 19.8 Å². The van der Waals surface area contributed by atoms with Gasteiger partial charge in [-0.1, -0.05) is 18.2 Å². The summed E-state index contributed by atoms with van der Waals surface area (Å²) in [6.07, 6.45) is 3.09. The second-order valence-corrected chi connectivity index (χ2v) is 9.88. The number of carbonyl (C=O) groups excluding carboxylic acids is 2. The van der Waals surface area contributed by atoms with Crippen molar-refractivity contribution in [2.75, 3.05) is 51.3 Å². The predicted molar refractivity (Wildman–Crippen MR) is 120 cm³/mol. The fourth-order valence-corrected chi connectivity index (χ4v) is 5.07. The number of rotatable bonds is 10. The maximum absolute atomic E-state index is 13.2. The molecule has 2 amide bonds. The summed E-state index contributed by atoms with van der Waals surface area (Å²) in [5.41, 5.74) is 0. The van der Waals surface area contributed by atoms with E-state index in [9.17, 15) is 18.0 Å². The number of nitrogens with zero attached hydrogens (tertiary/aromatic N) is 2. The van der Waals surface area contributed by atoms with Gasteiger partial charge in [0.1, 0.15) is 6.04 Å². The van der Waals surface area contributed by atoms with Crippen LogP contribution in [0.4, 0.5) is 0 Å². The number of carbonyl (C=O) groups is 2. The first-order valence-corrected chi connectivity index (χ1v) is 13.1. The Bertz CT molecular complexity index is 789. The van der Waals surface area contributed by atoms with E-state index in [1.54, 1.807) is 34.9 Å². The van der Waals surface area contributed by atoms with Gasteiger partial charge in [-0.25, -0.2) is 8.42 Å². The third-order valence-corrected chi connectivity index (χ3v) is 7.03. The number of sulfonamides is 1. The van der Waals surface area contributed by atoms with Crippen LogP contribution in [0.3, 0.4) is 0 Å². The molecule has 1 unspecified atom stereocenters. The van der Waals surface area contributed by atoms with E-state index < -0.39 is 16.1 Å². The Morgan fingerprint density at radius 3 is 2.53 bits per heavy atom. The predicted octanol–water partition coefficient (Wildman–Crippen LogP) is 0.757. The number of hydrogen-bond acceptors (Lipinski definition) is 6. The molecule has 1 aliphatic heterocycles. The number of amides is 2. The summed E-state index contributed by atoms with van der Waals surface area (Å²) in [4.78, 5) is 28.9. The Labute approximate surface area is 183 Å². The minimum absolute atomic E-state index is 0.0225. The van der Waals surface area contributed by atoms with Crippen molar-refractivity contribution < 1.29 is 18.0 Å². The molecule has 1 aromatic rings. The largest absolute Gasteiger partial charge is 0.355 e. The normalized spacial score (nSPS) is 16.7. The summed E-state index contributed by atoms with van der Waals surface area (Å²) in [7, 11) is -3.79. The number of hydrogen-bond donors (Lipinski definition) is 2. The van der Waals surface area contributed by atoms with E-state index in [1.807, 2.05) is 18.1 Å². The molecule has 1 aliphatic rings. The van der Waals surface area contributed by atoms with Crippen LogP contribution in [0.25, 0.3) is 0 Å². The third kappa shape index (κ3) is 7.57. The smallest absolute Gasteiger partial charge is 0.241 e. The van der Waals surface area contributed by atoms with Crippen LogP contribution in [0.5, 0.6) is 0 Å². The molecule has 1 saturated heterocycles. The molecule has 2 rings (SSSR count). The molecule has 0 aromatic heterocycles. The SMILES string of the molecule is CCNC(=O)CN1CCCN(C(=O)C(CCSC)NS(=O)(=O)c2ccccc2)CC1. The van der Waals surface area contributed by atoms with Crippen molar-refractivity contribution in [3.8, 4) is 0 Å². The van der Waals surface area contributed by atoms with Crippen molar-refractivity contribution in [2.45, 2.75) is 30.7 Å². The Morgan fingerprint density at radius 2 is 1.87 bits per heavy atom.